The third kappa shape index (κ3) is 1.47. The summed E-state index contributed by atoms with van der Waals surface area (Å²) in [6, 6.07) is 8.77. The Balaban J connectivity index is 1.84. The minimum Gasteiger partial charge on any atom is -0.392 e. The van der Waals surface area contributed by atoms with E-state index < -0.39 is 0 Å². The Kier molecular flexibility index (Phi) is 2.40. The highest BCUT2D eigenvalue weighted by Gasteiger charge is 2.47. The first-order valence-corrected chi connectivity index (χ1v) is 7.39. The van der Waals surface area contributed by atoms with Crippen molar-refractivity contribution in [2.45, 2.75) is 38.8 Å². The molecule has 1 N–H and O–H groups in total. The zero-order chi connectivity index (χ0) is 13.9. The van der Waals surface area contributed by atoms with Gasteiger partial charge >= 0.3 is 0 Å². The van der Waals surface area contributed by atoms with E-state index in [1.807, 2.05) is 12.5 Å². The van der Waals surface area contributed by atoms with Gasteiger partial charge in [-0.15, -0.1) is 0 Å². The summed E-state index contributed by atoms with van der Waals surface area (Å²) in [6.07, 6.45) is 5.75. The highest BCUT2D eigenvalue weighted by atomic mass is 16.3. The van der Waals surface area contributed by atoms with E-state index in [0.29, 0.717) is 0 Å². The Hall–Kier alpha value is -1.61. The minimum absolute atomic E-state index is 0.0168. The normalized spacial score (nSPS) is 30.2. The van der Waals surface area contributed by atoms with E-state index in [1.165, 1.54) is 16.8 Å². The molecule has 1 aromatic heterocycles. The van der Waals surface area contributed by atoms with Gasteiger partial charge in [0.25, 0.3) is 0 Å². The van der Waals surface area contributed by atoms with Crippen LogP contribution in [-0.4, -0.2) is 20.8 Å². The molecule has 1 aliphatic heterocycles. The molecular formula is C17H20N2O. The van der Waals surface area contributed by atoms with Crippen LogP contribution in [0.2, 0.25) is 0 Å². The van der Waals surface area contributed by atoms with Crippen LogP contribution in [0.3, 0.4) is 0 Å². The SMILES string of the molecule is CC1(C)CC[C@@H]([C@H]2c3ccccc3-c3cncn32)[C@@H]1O. The Bertz CT molecular complexity index is 659. The van der Waals surface area contributed by atoms with Gasteiger partial charge in [-0.2, -0.15) is 0 Å². The molecule has 1 fully saturated rings. The molecule has 2 heterocycles. The molecule has 0 unspecified atom stereocenters. The molecule has 0 amide bonds. The number of hydrogen-bond donors (Lipinski definition) is 1. The Morgan fingerprint density at radius 1 is 1.30 bits per heavy atom. The lowest BCUT2D eigenvalue weighted by atomic mass is 9.83. The average Bonchev–Trinajstić information content (AvgIpc) is 3.07. The van der Waals surface area contributed by atoms with Crippen LogP contribution in [-0.2, 0) is 0 Å². The Labute approximate surface area is 119 Å². The van der Waals surface area contributed by atoms with E-state index in [-0.39, 0.29) is 23.5 Å². The fourth-order valence-corrected chi connectivity index (χ4v) is 4.06. The van der Waals surface area contributed by atoms with Gasteiger partial charge in [0.05, 0.1) is 30.4 Å². The maximum absolute atomic E-state index is 10.7. The van der Waals surface area contributed by atoms with E-state index in [9.17, 15) is 5.11 Å². The predicted molar refractivity (Wildman–Crippen MR) is 78.3 cm³/mol. The van der Waals surface area contributed by atoms with Gasteiger partial charge in [0.2, 0.25) is 0 Å². The topological polar surface area (TPSA) is 38.0 Å². The van der Waals surface area contributed by atoms with Crippen LogP contribution in [0.15, 0.2) is 36.8 Å². The monoisotopic (exact) mass is 268 g/mol. The minimum atomic E-state index is -0.256. The molecule has 0 spiro atoms. The standard InChI is InChI=1S/C17H20N2O/c1-17(2)8-7-13(16(17)20)15-12-6-4-3-5-11(12)14-9-18-10-19(14)15/h3-6,9-10,13,15-16,20H,7-8H2,1-2H3/t13-,15+,16-/m0/s1. The second-order valence-electron chi connectivity index (χ2n) is 6.85. The third-order valence-electron chi connectivity index (χ3n) is 5.25. The molecule has 1 aromatic carbocycles. The number of imidazole rings is 1. The fourth-order valence-electron chi connectivity index (χ4n) is 4.06. The summed E-state index contributed by atoms with van der Waals surface area (Å²) in [7, 11) is 0. The van der Waals surface area contributed by atoms with Crippen LogP contribution in [0.1, 0.15) is 38.3 Å². The lowest BCUT2D eigenvalue weighted by molar-refractivity contribution is 0.0344. The molecule has 0 bridgehead atoms. The molecule has 104 valence electrons. The summed E-state index contributed by atoms with van der Waals surface area (Å²) < 4.78 is 2.25. The van der Waals surface area contributed by atoms with Gasteiger partial charge in [0, 0.05) is 11.5 Å². The number of nitrogens with zero attached hydrogens (tertiary/aromatic N) is 2. The molecule has 3 heteroatoms. The number of rotatable bonds is 1. The molecule has 1 aliphatic carbocycles. The van der Waals surface area contributed by atoms with Gasteiger partial charge in [0.1, 0.15) is 0 Å². The molecule has 3 nitrogen and oxygen atoms in total. The largest absolute Gasteiger partial charge is 0.392 e. The number of fused-ring (bicyclic) bond motifs is 3. The van der Waals surface area contributed by atoms with Gasteiger partial charge < -0.3 is 9.67 Å². The zero-order valence-electron chi connectivity index (χ0n) is 12.0. The zero-order valence-corrected chi connectivity index (χ0v) is 12.0. The first-order chi connectivity index (χ1) is 9.59. The fraction of sp³-hybridized carbons (Fsp3) is 0.471. The van der Waals surface area contributed by atoms with Crippen molar-refractivity contribution in [3.63, 3.8) is 0 Å². The lowest BCUT2D eigenvalue weighted by Crippen LogP contribution is -2.32. The second-order valence-corrected chi connectivity index (χ2v) is 6.85. The van der Waals surface area contributed by atoms with Crippen LogP contribution in [0, 0.1) is 11.3 Å². The second kappa shape index (κ2) is 3.95. The molecule has 4 rings (SSSR count). The maximum atomic E-state index is 10.7. The molecule has 0 radical (unpaired) electrons. The average molecular weight is 268 g/mol. The van der Waals surface area contributed by atoms with E-state index in [2.05, 4.69) is 47.7 Å². The molecule has 2 aromatic rings. The van der Waals surface area contributed by atoms with Gasteiger partial charge in [-0.25, -0.2) is 4.98 Å². The first-order valence-electron chi connectivity index (χ1n) is 7.39. The molecule has 1 saturated carbocycles. The van der Waals surface area contributed by atoms with Crippen molar-refractivity contribution in [2.75, 3.05) is 0 Å². The quantitative estimate of drug-likeness (QED) is 0.862. The van der Waals surface area contributed by atoms with Crippen molar-refractivity contribution in [1.82, 2.24) is 9.55 Å². The number of benzene rings is 1. The van der Waals surface area contributed by atoms with Gasteiger partial charge in [-0.3, -0.25) is 0 Å². The maximum Gasteiger partial charge on any atom is 0.0956 e. The number of aliphatic hydroxyl groups is 1. The third-order valence-corrected chi connectivity index (χ3v) is 5.25. The van der Waals surface area contributed by atoms with Crippen molar-refractivity contribution in [2.24, 2.45) is 11.3 Å². The highest BCUT2D eigenvalue weighted by molar-refractivity contribution is 5.69. The van der Waals surface area contributed by atoms with Gasteiger partial charge in [0.15, 0.2) is 0 Å². The van der Waals surface area contributed by atoms with Crippen molar-refractivity contribution in [1.29, 1.82) is 0 Å². The van der Waals surface area contributed by atoms with Crippen LogP contribution < -0.4 is 0 Å². The van der Waals surface area contributed by atoms with Crippen LogP contribution in [0.4, 0.5) is 0 Å². The summed E-state index contributed by atoms with van der Waals surface area (Å²) in [5, 5.41) is 10.7. The Morgan fingerprint density at radius 2 is 2.10 bits per heavy atom. The van der Waals surface area contributed by atoms with Crippen molar-refractivity contribution < 1.29 is 5.11 Å². The van der Waals surface area contributed by atoms with Gasteiger partial charge in [-0.05, 0) is 23.8 Å². The number of hydrogen-bond acceptors (Lipinski definition) is 2. The Morgan fingerprint density at radius 3 is 2.85 bits per heavy atom. The van der Waals surface area contributed by atoms with Gasteiger partial charge in [-0.1, -0.05) is 38.1 Å². The van der Waals surface area contributed by atoms with E-state index in [4.69, 9.17) is 0 Å². The van der Waals surface area contributed by atoms with Crippen LogP contribution in [0.25, 0.3) is 11.3 Å². The van der Waals surface area contributed by atoms with Crippen molar-refractivity contribution >= 4 is 0 Å². The van der Waals surface area contributed by atoms with Crippen molar-refractivity contribution in [3.05, 3.63) is 42.4 Å². The van der Waals surface area contributed by atoms with E-state index in [1.54, 1.807) is 0 Å². The summed E-state index contributed by atoms with van der Waals surface area (Å²) in [5.41, 5.74) is 3.81. The molecule has 20 heavy (non-hydrogen) atoms. The van der Waals surface area contributed by atoms with E-state index in [0.717, 1.165) is 12.8 Å². The lowest BCUT2D eigenvalue weighted by Gasteiger charge is -2.30. The summed E-state index contributed by atoms with van der Waals surface area (Å²) in [6.45, 7) is 4.35. The van der Waals surface area contributed by atoms with Crippen molar-refractivity contribution in [3.8, 4) is 11.3 Å². The highest BCUT2D eigenvalue weighted by Crippen LogP contribution is 2.52. The summed E-state index contributed by atoms with van der Waals surface area (Å²) >= 11 is 0. The number of aliphatic hydroxyl groups excluding tert-OH is 1. The number of aromatic nitrogens is 2. The molecular weight excluding hydrogens is 248 g/mol. The molecule has 3 atom stereocenters. The smallest absolute Gasteiger partial charge is 0.0956 e. The predicted octanol–water partition coefficient (Wildman–Crippen LogP) is 3.25. The molecule has 0 saturated heterocycles. The van der Waals surface area contributed by atoms with E-state index >= 15 is 0 Å². The summed E-state index contributed by atoms with van der Waals surface area (Å²) in [5.74, 6) is 0.279. The molecule has 2 aliphatic rings. The first kappa shape index (κ1) is 12.2. The summed E-state index contributed by atoms with van der Waals surface area (Å²) in [4.78, 5) is 4.31. The van der Waals surface area contributed by atoms with Crippen LogP contribution in [0.5, 0.6) is 0 Å². The van der Waals surface area contributed by atoms with Crippen LogP contribution >= 0.6 is 0 Å².